The van der Waals surface area contributed by atoms with E-state index in [1.54, 1.807) is 4.68 Å². The number of nitrogens with one attached hydrogen (secondary N) is 2. The lowest BCUT2D eigenvalue weighted by molar-refractivity contribution is 0.0698. The molecule has 146 valence electrons. The number of pyridine rings is 1. The normalized spacial score (nSPS) is 19.3. The molecule has 0 atom stereocenters. The van der Waals surface area contributed by atoms with E-state index >= 15 is 0 Å². The van der Waals surface area contributed by atoms with Crippen molar-refractivity contribution in [1.82, 2.24) is 25.0 Å². The van der Waals surface area contributed by atoms with Crippen molar-refractivity contribution in [3.8, 4) is 0 Å². The molecule has 27 heavy (non-hydrogen) atoms. The van der Waals surface area contributed by atoms with Crippen LogP contribution in [0.2, 0.25) is 0 Å². The average molecular weight is 371 g/mol. The zero-order chi connectivity index (χ0) is 18.8. The van der Waals surface area contributed by atoms with Crippen molar-refractivity contribution in [1.29, 1.82) is 0 Å². The van der Waals surface area contributed by atoms with E-state index in [1.807, 2.05) is 31.1 Å². The molecule has 2 aliphatic rings. The molecule has 3 heterocycles. The molecule has 0 aromatic carbocycles. The van der Waals surface area contributed by atoms with E-state index < -0.39 is 0 Å². The molecule has 7 nitrogen and oxygen atoms in total. The number of hydrogen-bond donors (Lipinski definition) is 2. The molecule has 1 saturated carbocycles. The maximum Gasteiger partial charge on any atom is 0.275 e. The summed E-state index contributed by atoms with van der Waals surface area (Å²) >= 11 is 0. The lowest BCUT2D eigenvalue weighted by atomic mass is 9.95. The van der Waals surface area contributed by atoms with Gasteiger partial charge in [0.25, 0.3) is 5.91 Å². The van der Waals surface area contributed by atoms with Gasteiger partial charge in [-0.2, -0.15) is 5.10 Å². The van der Waals surface area contributed by atoms with Crippen LogP contribution < -0.4 is 10.6 Å². The first-order valence-electron chi connectivity index (χ1n) is 10.2. The summed E-state index contributed by atoms with van der Waals surface area (Å²) in [6.07, 6.45) is 8.29. The van der Waals surface area contributed by atoms with Gasteiger partial charge in [0.2, 0.25) is 0 Å². The summed E-state index contributed by atoms with van der Waals surface area (Å²) in [6, 6.07) is 4.75. The van der Waals surface area contributed by atoms with Gasteiger partial charge in [-0.05, 0) is 50.9 Å². The van der Waals surface area contributed by atoms with E-state index in [0.717, 1.165) is 42.8 Å². The molecule has 2 N–H and O–H groups in total. The van der Waals surface area contributed by atoms with Crippen LogP contribution in [0, 0.1) is 0 Å². The number of anilines is 1. The van der Waals surface area contributed by atoms with Crippen LogP contribution in [0.3, 0.4) is 0 Å². The maximum atomic E-state index is 13.1. The first-order chi connectivity index (χ1) is 13.1. The Labute approximate surface area is 160 Å². The van der Waals surface area contributed by atoms with Gasteiger partial charge in [-0.15, -0.1) is 0 Å². The van der Waals surface area contributed by atoms with Crippen LogP contribution in [-0.4, -0.2) is 57.8 Å². The Morgan fingerprint density at radius 3 is 2.67 bits per heavy atom. The van der Waals surface area contributed by atoms with Gasteiger partial charge in [0, 0.05) is 26.2 Å². The van der Waals surface area contributed by atoms with E-state index in [-0.39, 0.29) is 11.9 Å². The summed E-state index contributed by atoms with van der Waals surface area (Å²) in [5.41, 5.74) is 1.27. The second-order valence-electron chi connectivity index (χ2n) is 7.92. The number of nitrogens with zero attached hydrogens (tertiary/aromatic N) is 4. The summed E-state index contributed by atoms with van der Waals surface area (Å²) in [4.78, 5) is 19.7. The summed E-state index contributed by atoms with van der Waals surface area (Å²) in [5.74, 6) is 0.866. The zero-order valence-electron chi connectivity index (χ0n) is 16.4. The fourth-order valence-corrected chi connectivity index (χ4v) is 4.35. The van der Waals surface area contributed by atoms with E-state index in [9.17, 15) is 4.79 Å². The van der Waals surface area contributed by atoms with Gasteiger partial charge in [0.15, 0.2) is 11.3 Å². The number of hydrogen-bond acceptors (Lipinski definition) is 5. The molecule has 1 aliphatic carbocycles. The number of piperidine rings is 1. The Kier molecular flexibility index (Phi) is 5.29. The lowest BCUT2D eigenvalue weighted by Crippen LogP contribution is -2.44. The number of carbonyl (C=O) groups excluding carboxylic acids is 1. The van der Waals surface area contributed by atoms with Crippen LogP contribution in [0.25, 0.3) is 11.0 Å². The molecule has 1 amide bonds. The van der Waals surface area contributed by atoms with Crippen LogP contribution in [0.4, 0.5) is 5.82 Å². The monoisotopic (exact) mass is 370 g/mol. The number of carbonyl (C=O) groups is 1. The topological polar surface area (TPSA) is 75.1 Å². The van der Waals surface area contributed by atoms with Gasteiger partial charge in [-0.1, -0.05) is 19.3 Å². The van der Waals surface area contributed by atoms with Crippen molar-refractivity contribution in [3.63, 3.8) is 0 Å². The third kappa shape index (κ3) is 3.78. The lowest BCUT2D eigenvalue weighted by Gasteiger charge is -2.31. The van der Waals surface area contributed by atoms with Crippen molar-refractivity contribution in [2.75, 3.05) is 25.5 Å². The standard InChI is InChI=1S/C20H30N6O/c1-25(15-10-12-21-13-11-15)20(27)18-16-8-9-17(23-19(16)26(2)24-18)22-14-6-4-3-5-7-14/h8-9,14-15,21H,3-7,10-13H2,1-2H3,(H,22,23). The Bertz CT molecular complexity index is 804. The quantitative estimate of drug-likeness (QED) is 0.865. The van der Waals surface area contributed by atoms with Crippen molar-refractivity contribution in [2.24, 2.45) is 7.05 Å². The van der Waals surface area contributed by atoms with Gasteiger partial charge >= 0.3 is 0 Å². The summed E-state index contributed by atoms with van der Waals surface area (Å²) in [6.45, 7) is 1.92. The molecule has 2 aromatic heterocycles. The first-order valence-corrected chi connectivity index (χ1v) is 10.2. The van der Waals surface area contributed by atoms with Crippen LogP contribution in [0.5, 0.6) is 0 Å². The third-order valence-corrected chi connectivity index (χ3v) is 6.02. The number of fused-ring (bicyclic) bond motifs is 1. The molecule has 2 aromatic rings. The minimum absolute atomic E-state index is 0.0118. The molecule has 2 fully saturated rings. The number of amides is 1. The average Bonchev–Trinajstić information content (AvgIpc) is 3.04. The van der Waals surface area contributed by atoms with Gasteiger partial charge in [-0.3, -0.25) is 4.79 Å². The van der Waals surface area contributed by atoms with Gasteiger partial charge < -0.3 is 15.5 Å². The Balaban J connectivity index is 1.55. The molecule has 0 radical (unpaired) electrons. The molecular formula is C20H30N6O. The van der Waals surface area contributed by atoms with Crippen molar-refractivity contribution in [2.45, 2.75) is 57.0 Å². The highest BCUT2D eigenvalue weighted by molar-refractivity contribution is 6.04. The fraction of sp³-hybridized carbons (Fsp3) is 0.650. The van der Waals surface area contributed by atoms with Crippen LogP contribution in [0.15, 0.2) is 12.1 Å². The van der Waals surface area contributed by atoms with Crippen molar-refractivity contribution >= 4 is 22.8 Å². The molecule has 1 aliphatic heterocycles. The zero-order valence-corrected chi connectivity index (χ0v) is 16.4. The highest BCUT2D eigenvalue weighted by atomic mass is 16.2. The Morgan fingerprint density at radius 1 is 1.19 bits per heavy atom. The van der Waals surface area contributed by atoms with Crippen molar-refractivity contribution in [3.05, 3.63) is 17.8 Å². The van der Waals surface area contributed by atoms with E-state index in [2.05, 4.69) is 15.7 Å². The molecule has 7 heteroatoms. The summed E-state index contributed by atoms with van der Waals surface area (Å²) in [7, 11) is 3.76. The van der Waals surface area contributed by atoms with Crippen LogP contribution in [-0.2, 0) is 7.05 Å². The predicted octanol–water partition coefficient (Wildman–Crippen LogP) is 2.54. The molecule has 0 bridgehead atoms. The molecule has 4 rings (SSSR count). The maximum absolute atomic E-state index is 13.1. The van der Waals surface area contributed by atoms with E-state index in [4.69, 9.17) is 4.98 Å². The summed E-state index contributed by atoms with van der Waals surface area (Å²) < 4.78 is 1.73. The number of aromatic nitrogens is 3. The second-order valence-corrected chi connectivity index (χ2v) is 7.92. The van der Waals surface area contributed by atoms with E-state index in [1.165, 1.54) is 32.1 Å². The fourth-order valence-electron chi connectivity index (χ4n) is 4.35. The Hall–Kier alpha value is -2.15. The first kappa shape index (κ1) is 18.2. The third-order valence-electron chi connectivity index (χ3n) is 6.02. The summed E-state index contributed by atoms with van der Waals surface area (Å²) in [5, 5.41) is 12.2. The molecular weight excluding hydrogens is 340 g/mol. The van der Waals surface area contributed by atoms with Gasteiger partial charge in [0.05, 0.1) is 5.39 Å². The van der Waals surface area contributed by atoms with Crippen LogP contribution in [0.1, 0.15) is 55.4 Å². The minimum Gasteiger partial charge on any atom is -0.367 e. The Morgan fingerprint density at radius 2 is 1.93 bits per heavy atom. The SMILES string of the molecule is CN(C(=O)c1nn(C)c2nc(NC3CCCCC3)ccc12)C1CCNCC1. The van der Waals surface area contributed by atoms with Crippen LogP contribution >= 0.6 is 0 Å². The predicted molar refractivity (Wildman–Crippen MR) is 107 cm³/mol. The van der Waals surface area contributed by atoms with Gasteiger partial charge in [-0.25, -0.2) is 9.67 Å². The number of rotatable bonds is 4. The van der Waals surface area contributed by atoms with Gasteiger partial charge in [0.1, 0.15) is 5.82 Å². The largest absolute Gasteiger partial charge is 0.367 e. The second kappa shape index (κ2) is 7.84. The number of aryl methyl sites for hydroxylation is 1. The van der Waals surface area contributed by atoms with Crippen molar-refractivity contribution < 1.29 is 4.79 Å². The molecule has 0 spiro atoms. The minimum atomic E-state index is -0.0118. The highest BCUT2D eigenvalue weighted by Gasteiger charge is 2.27. The highest BCUT2D eigenvalue weighted by Crippen LogP contribution is 2.24. The smallest absolute Gasteiger partial charge is 0.275 e. The molecule has 1 saturated heterocycles. The van der Waals surface area contributed by atoms with E-state index in [0.29, 0.717) is 11.7 Å². The molecule has 0 unspecified atom stereocenters.